The van der Waals surface area contributed by atoms with E-state index in [-0.39, 0.29) is 6.01 Å². The van der Waals surface area contributed by atoms with Crippen LogP contribution in [-0.2, 0) is 4.79 Å². The summed E-state index contributed by atoms with van der Waals surface area (Å²) in [7, 11) is 0. The van der Waals surface area contributed by atoms with Crippen LogP contribution in [-0.4, -0.2) is 27.1 Å². The third kappa shape index (κ3) is 3.41. The highest BCUT2D eigenvalue weighted by Gasteiger charge is 2.15. The molecule has 0 aliphatic carbocycles. The Kier molecular flexibility index (Phi) is 3.92. The van der Waals surface area contributed by atoms with Gasteiger partial charge in [-0.15, -0.1) is 0 Å². The van der Waals surface area contributed by atoms with Crippen molar-refractivity contribution in [3.8, 4) is 17.5 Å². The van der Waals surface area contributed by atoms with E-state index in [9.17, 15) is 4.79 Å². The molecule has 1 atom stereocenters. The van der Waals surface area contributed by atoms with Gasteiger partial charge in [0.05, 0.1) is 0 Å². The van der Waals surface area contributed by atoms with E-state index in [2.05, 4.69) is 9.97 Å². The van der Waals surface area contributed by atoms with Crippen LogP contribution in [0.5, 0.6) is 17.5 Å². The van der Waals surface area contributed by atoms with Gasteiger partial charge in [-0.2, -0.15) is 0 Å². The van der Waals surface area contributed by atoms with Crippen LogP contribution in [0.25, 0.3) is 0 Å². The third-order valence-electron chi connectivity index (χ3n) is 2.24. The summed E-state index contributed by atoms with van der Waals surface area (Å²) >= 11 is 0. The summed E-state index contributed by atoms with van der Waals surface area (Å²) in [5, 5.41) is 8.83. The average molecular weight is 260 g/mol. The topological polar surface area (TPSA) is 81.5 Å². The Bertz CT molecular complexity index is 560. The third-order valence-corrected chi connectivity index (χ3v) is 2.24. The van der Waals surface area contributed by atoms with E-state index in [1.807, 2.05) is 0 Å². The molecular formula is C13H12N2O4. The molecule has 1 N–H and O–H groups in total. The van der Waals surface area contributed by atoms with E-state index in [1.165, 1.54) is 6.92 Å². The predicted octanol–water partition coefficient (Wildman–Crippen LogP) is 2.12. The summed E-state index contributed by atoms with van der Waals surface area (Å²) < 4.78 is 10.7. The Balaban J connectivity index is 2.19. The minimum Gasteiger partial charge on any atom is -0.479 e. The number of carboxylic acid groups (broad SMARTS) is 1. The lowest BCUT2D eigenvalue weighted by Gasteiger charge is -2.13. The fourth-order valence-corrected chi connectivity index (χ4v) is 1.31. The number of rotatable bonds is 5. The zero-order valence-electron chi connectivity index (χ0n) is 10.2. The summed E-state index contributed by atoms with van der Waals surface area (Å²) in [5.74, 6) is -0.364. The first kappa shape index (κ1) is 12.8. The van der Waals surface area contributed by atoms with E-state index >= 15 is 0 Å². The Morgan fingerprint density at radius 3 is 2.42 bits per heavy atom. The van der Waals surface area contributed by atoms with Crippen molar-refractivity contribution in [1.82, 2.24) is 9.97 Å². The van der Waals surface area contributed by atoms with Gasteiger partial charge in [-0.05, 0) is 25.1 Å². The zero-order valence-corrected chi connectivity index (χ0v) is 10.2. The van der Waals surface area contributed by atoms with E-state index in [4.69, 9.17) is 14.6 Å². The Labute approximate surface area is 109 Å². The van der Waals surface area contributed by atoms with Crippen LogP contribution >= 0.6 is 0 Å². The van der Waals surface area contributed by atoms with Crippen LogP contribution in [0.1, 0.15) is 6.92 Å². The molecule has 98 valence electrons. The first-order chi connectivity index (χ1) is 9.16. The maximum Gasteiger partial charge on any atom is 0.344 e. The van der Waals surface area contributed by atoms with Crippen molar-refractivity contribution in [1.29, 1.82) is 0 Å². The van der Waals surface area contributed by atoms with Gasteiger partial charge in [-0.3, -0.25) is 0 Å². The van der Waals surface area contributed by atoms with E-state index in [0.717, 1.165) is 0 Å². The molecule has 0 fully saturated rings. The number of carboxylic acids is 1. The standard InChI is InChI=1S/C13H12N2O4/c1-9(12(16)17)18-10-5-2-3-6-11(10)19-13-14-7-4-8-15-13/h2-9H,1H3,(H,16,17). The molecule has 0 radical (unpaired) electrons. The molecule has 0 bridgehead atoms. The van der Waals surface area contributed by atoms with Crippen LogP contribution in [0.4, 0.5) is 0 Å². The maximum absolute atomic E-state index is 10.8. The van der Waals surface area contributed by atoms with Crippen LogP contribution in [0.2, 0.25) is 0 Å². The lowest BCUT2D eigenvalue weighted by Crippen LogP contribution is -2.23. The largest absolute Gasteiger partial charge is 0.479 e. The molecule has 0 saturated carbocycles. The molecule has 1 unspecified atom stereocenters. The van der Waals surface area contributed by atoms with Gasteiger partial charge in [0.15, 0.2) is 17.6 Å². The SMILES string of the molecule is CC(Oc1ccccc1Oc1ncccn1)C(=O)O. The number of hydrogen-bond donors (Lipinski definition) is 1. The fraction of sp³-hybridized carbons (Fsp3) is 0.154. The summed E-state index contributed by atoms with van der Waals surface area (Å²) in [5.41, 5.74) is 0. The van der Waals surface area contributed by atoms with E-state index in [0.29, 0.717) is 11.5 Å². The second-order valence-electron chi connectivity index (χ2n) is 3.68. The molecule has 1 heterocycles. The molecule has 2 rings (SSSR count). The summed E-state index contributed by atoms with van der Waals surface area (Å²) in [6.07, 6.45) is 2.12. The summed E-state index contributed by atoms with van der Waals surface area (Å²) in [6.45, 7) is 1.44. The van der Waals surface area contributed by atoms with Gasteiger partial charge < -0.3 is 14.6 Å². The number of carbonyl (C=O) groups is 1. The molecule has 0 spiro atoms. The molecule has 19 heavy (non-hydrogen) atoms. The van der Waals surface area contributed by atoms with E-state index in [1.54, 1.807) is 42.7 Å². The van der Waals surface area contributed by atoms with Gasteiger partial charge in [0.25, 0.3) is 0 Å². The second-order valence-corrected chi connectivity index (χ2v) is 3.68. The predicted molar refractivity (Wildman–Crippen MR) is 66.3 cm³/mol. The maximum atomic E-state index is 10.8. The van der Waals surface area contributed by atoms with Crippen molar-refractivity contribution in [2.45, 2.75) is 13.0 Å². The Morgan fingerprint density at radius 1 is 1.16 bits per heavy atom. The van der Waals surface area contributed by atoms with Gasteiger partial charge in [0.1, 0.15) is 0 Å². The highest BCUT2D eigenvalue weighted by atomic mass is 16.5. The molecule has 0 amide bonds. The van der Waals surface area contributed by atoms with Crippen molar-refractivity contribution in [2.75, 3.05) is 0 Å². The Hall–Kier alpha value is -2.63. The van der Waals surface area contributed by atoms with Gasteiger partial charge in [0.2, 0.25) is 0 Å². The normalized spacial score (nSPS) is 11.6. The van der Waals surface area contributed by atoms with Gasteiger partial charge in [0, 0.05) is 12.4 Å². The molecule has 2 aromatic rings. The summed E-state index contributed by atoms with van der Waals surface area (Å²) in [6, 6.07) is 8.58. The Morgan fingerprint density at radius 2 is 1.79 bits per heavy atom. The first-order valence-corrected chi connectivity index (χ1v) is 5.60. The van der Waals surface area contributed by atoms with E-state index < -0.39 is 12.1 Å². The first-order valence-electron chi connectivity index (χ1n) is 5.60. The smallest absolute Gasteiger partial charge is 0.344 e. The van der Waals surface area contributed by atoms with Crippen LogP contribution in [0.15, 0.2) is 42.7 Å². The van der Waals surface area contributed by atoms with Crippen molar-refractivity contribution in [2.24, 2.45) is 0 Å². The zero-order chi connectivity index (χ0) is 13.7. The van der Waals surface area contributed by atoms with Crippen molar-refractivity contribution in [3.05, 3.63) is 42.7 Å². The highest BCUT2D eigenvalue weighted by molar-refractivity contribution is 5.72. The number of hydrogen-bond acceptors (Lipinski definition) is 5. The molecule has 1 aromatic carbocycles. The van der Waals surface area contributed by atoms with Crippen LogP contribution in [0, 0.1) is 0 Å². The van der Waals surface area contributed by atoms with Crippen LogP contribution < -0.4 is 9.47 Å². The highest BCUT2D eigenvalue weighted by Crippen LogP contribution is 2.30. The number of aromatic nitrogens is 2. The van der Waals surface area contributed by atoms with Gasteiger partial charge in [-0.1, -0.05) is 12.1 Å². The quantitative estimate of drug-likeness (QED) is 0.886. The molecule has 0 saturated heterocycles. The number of aliphatic carboxylic acids is 1. The fourth-order valence-electron chi connectivity index (χ4n) is 1.31. The van der Waals surface area contributed by atoms with Gasteiger partial charge in [-0.25, -0.2) is 14.8 Å². The molecular weight excluding hydrogens is 248 g/mol. The molecule has 0 aliphatic heterocycles. The molecule has 0 aliphatic rings. The van der Waals surface area contributed by atoms with Crippen molar-refractivity contribution in [3.63, 3.8) is 0 Å². The number of ether oxygens (including phenoxy) is 2. The lowest BCUT2D eigenvalue weighted by molar-refractivity contribution is -0.144. The molecule has 6 heteroatoms. The average Bonchev–Trinajstić information content (AvgIpc) is 2.42. The number of para-hydroxylation sites is 2. The van der Waals surface area contributed by atoms with Crippen LogP contribution in [0.3, 0.4) is 0 Å². The minimum atomic E-state index is -1.05. The molecule has 6 nitrogen and oxygen atoms in total. The minimum absolute atomic E-state index is 0.168. The van der Waals surface area contributed by atoms with Gasteiger partial charge >= 0.3 is 12.0 Å². The number of nitrogens with zero attached hydrogens (tertiary/aromatic N) is 2. The summed E-state index contributed by atoms with van der Waals surface area (Å²) in [4.78, 5) is 18.6. The second kappa shape index (κ2) is 5.81. The van der Waals surface area contributed by atoms with Crippen molar-refractivity contribution < 1.29 is 19.4 Å². The number of benzene rings is 1. The molecule has 1 aromatic heterocycles. The van der Waals surface area contributed by atoms with Crippen molar-refractivity contribution >= 4 is 5.97 Å². The monoisotopic (exact) mass is 260 g/mol. The lowest BCUT2D eigenvalue weighted by atomic mass is 10.3.